The van der Waals surface area contributed by atoms with Gasteiger partial charge in [0.25, 0.3) is 5.91 Å². The number of hydrogen-bond acceptors (Lipinski definition) is 6. The number of esters is 1. The Morgan fingerprint density at radius 1 is 1.19 bits per heavy atom. The largest absolute Gasteiger partial charge is 0.482 e. The minimum atomic E-state index is -0.799. The molecule has 0 radical (unpaired) electrons. The molecular weight excluding hydrogens is 354 g/mol. The van der Waals surface area contributed by atoms with E-state index in [-0.39, 0.29) is 5.91 Å². The molecule has 7 heteroatoms. The number of para-hydroxylation sites is 2. The highest BCUT2D eigenvalue weighted by molar-refractivity contribution is 7.17. The maximum absolute atomic E-state index is 12.8. The van der Waals surface area contributed by atoms with E-state index in [9.17, 15) is 9.59 Å². The summed E-state index contributed by atoms with van der Waals surface area (Å²) in [5.41, 5.74) is 1.47. The summed E-state index contributed by atoms with van der Waals surface area (Å²) in [6.45, 7) is 1.79. The summed E-state index contributed by atoms with van der Waals surface area (Å²) in [5, 5.41) is 3.39. The first-order valence-electron chi connectivity index (χ1n) is 8.54. The second kappa shape index (κ2) is 6.64. The molecule has 4 rings (SSSR count). The van der Waals surface area contributed by atoms with Crippen LogP contribution in [0.5, 0.6) is 11.5 Å². The molecular formula is C19H19NO5S. The quantitative estimate of drug-likeness (QED) is 0.837. The van der Waals surface area contributed by atoms with Crippen molar-refractivity contribution in [3.63, 3.8) is 0 Å². The van der Waals surface area contributed by atoms with E-state index in [1.807, 2.05) is 12.1 Å². The first-order valence-corrected chi connectivity index (χ1v) is 9.36. The molecule has 1 aliphatic carbocycles. The van der Waals surface area contributed by atoms with Gasteiger partial charge in [0.2, 0.25) is 6.10 Å². The number of ether oxygens (including phenoxy) is 3. The van der Waals surface area contributed by atoms with E-state index < -0.39 is 18.2 Å². The van der Waals surface area contributed by atoms with Crippen molar-refractivity contribution < 1.29 is 23.8 Å². The second-order valence-corrected chi connectivity index (χ2v) is 7.46. The molecule has 1 amide bonds. The van der Waals surface area contributed by atoms with Crippen LogP contribution in [0.3, 0.4) is 0 Å². The highest BCUT2D eigenvalue weighted by atomic mass is 32.1. The van der Waals surface area contributed by atoms with Crippen molar-refractivity contribution in [3.8, 4) is 11.5 Å². The highest BCUT2D eigenvalue weighted by Gasteiger charge is 2.36. The van der Waals surface area contributed by atoms with E-state index in [1.54, 1.807) is 19.1 Å². The minimum Gasteiger partial charge on any atom is -0.482 e. The van der Waals surface area contributed by atoms with Gasteiger partial charge in [-0.15, -0.1) is 11.3 Å². The van der Waals surface area contributed by atoms with Crippen molar-refractivity contribution in [3.05, 3.63) is 40.3 Å². The number of aryl methyl sites for hydroxylation is 1. The Kier molecular flexibility index (Phi) is 4.32. The summed E-state index contributed by atoms with van der Waals surface area (Å²) in [6, 6.07) is 7.25. The number of rotatable bonds is 3. The van der Waals surface area contributed by atoms with Crippen molar-refractivity contribution in [2.24, 2.45) is 0 Å². The number of anilines is 1. The Bertz CT molecular complexity index is 875. The molecule has 2 aromatic rings. The lowest BCUT2D eigenvalue weighted by Gasteiger charge is -2.30. The van der Waals surface area contributed by atoms with Gasteiger partial charge in [0.05, 0.1) is 12.7 Å². The molecule has 136 valence electrons. The molecule has 1 N–H and O–H groups in total. The highest BCUT2D eigenvalue weighted by Crippen LogP contribution is 2.40. The van der Waals surface area contributed by atoms with Crippen LogP contribution in [0.4, 0.5) is 5.00 Å². The fraction of sp³-hybridized carbons (Fsp3) is 0.368. The van der Waals surface area contributed by atoms with Crippen LogP contribution in [-0.2, 0) is 22.4 Å². The molecule has 26 heavy (non-hydrogen) atoms. The third-order valence-corrected chi connectivity index (χ3v) is 5.86. The fourth-order valence-corrected chi connectivity index (χ4v) is 4.68. The van der Waals surface area contributed by atoms with Crippen LogP contribution in [0, 0.1) is 0 Å². The Labute approximate surface area is 155 Å². The lowest BCUT2D eigenvalue weighted by molar-refractivity contribution is -0.127. The van der Waals surface area contributed by atoms with Gasteiger partial charge in [-0.05, 0) is 43.9 Å². The summed E-state index contributed by atoms with van der Waals surface area (Å²) in [4.78, 5) is 26.2. The molecule has 2 aliphatic rings. The van der Waals surface area contributed by atoms with Gasteiger partial charge in [0.1, 0.15) is 11.1 Å². The van der Waals surface area contributed by atoms with Crippen LogP contribution >= 0.6 is 11.3 Å². The van der Waals surface area contributed by atoms with Crippen molar-refractivity contribution in [2.45, 2.75) is 38.4 Å². The second-order valence-electron chi connectivity index (χ2n) is 6.35. The van der Waals surface area contributed by atoms with E-state index in [0.29, 0.717) is 22.1 Å². The summed E-state index contributed by atoms with van der Waals surface area (Å²) in [5.74, 6) is 0.401. The maximum Gasteiger partial charge on any atom is 0.341 e. The SMILES string of the molecule is COC(=O)c1c(NC(=O)[C@H]2Oc3ccccc3O[C@@H]2C)sc2c1CCC2. The summed E-state index contributed by atoms with van der Waals surface area (Å²) in [7, 11) is 1.35. The monoisotopic (exact) mass is 373 g/mol. The van der Waals surface area contributed by atoms with Gasteiger partial charge in [0, 0.05) is 4.88 Å². The van der Waals surface area contributed by atoms with Crippen LogP contribution in [0.2, 0.25) is 0 Å². The van der Waals surface area contributed by atoms with Gasteiger partial charge < -0.3 is 19.5 Å². The van der Waals surface area contributed by atoms with Crippen LogP contribution in [0.15, 0.2) is 24.3 Å². The summed E-state index contributed by atoms with van der Waals surface area (Å²) in [6.07, 6.45) is 1.53. The zero-order chi connectivity index (χ0) is 18.3. The van der Waals surface area contributed by atoms with Crippen molar-refractivity contribution in [1.29, 1.82) is 0 Å². The van der Waals surface area contributed by atoms with E-state index in [4.69, 9.17) is 14.2 Å². The molecule has 2 heterocycles. The number of thiophene rings is 1. The molecule has 6 nitrogen and oxygen atoms in total. The third kappa shape index (κ3) is 2.82. The Morgan fingerprint density at radius 3 is 2.65 bits per heavy atom. The number of benzene rings is 1. The Hall–Kier alpha value is -2.54. The van der Waals surface area contributed by atoms with Gasteiger partial charge in [-0.25, -0.2) is 4.79 Å². The van der Waals surface area contributed by atoms with Gasteiger partial charge in [0.15, 0.2) is 11.5 Å². The van der Waals surface area contributed by atoms with E-state index in [0.717, 1.165) is 29.7 Å². The van der Waals surface area contributed by atoms with E-state index >= 15 is 0 Å². The molecule has 0 saturated carbocycles. The number of carbonyl (C=O) groups is 2. The average molecular weight is 373 g/mol. The summed E-state index contributed by atoms with van der Waals surface area (Å²) < 4.78 is 16.5. The van der Waals surface area contributed by atoms with Crippen LogP contribution < -0.4 is 14.8 Å². The lowest BCUT2D eigenvalue weighted by Crippen LogP contribution is -2.46. The molecule has 1 aromatic heterocycles. The number of methoxy groups -OCH3 is 1. The smallest absolute Gasteiger partial charge is 0.341 e. The topological polar surface area (TPSA) is 73.9 Å². The van der Waals surface area contributed by atoms with Gasteiger partial charge >= 0.3 is 5.97 Å². The van der Waals surface area contributed by atoms with Crippen molar-refractivity contribution in [1.82, 2.24) is 0 Å². The standard InChI is InChI=1S/C19H19NO5S/c1-10-16(25-13-8-4-3-7-12(13)24-10)17(21)20-18-15(19(22)23-2)11-6-5-9-14(11)26-18/h3-4,7-8,10,16H,5-6,9H2,1-2H3,(H,20,21)/t10-,16+/m1/s1. The predicted molar refractivity (Wildman–Crippen MR) is 97.3 cm³/mol. The molecule has 1 aliphatic heterocycles. The lowest BCUT2D eigenvalue weighted by atomic mass is 10.1. The Morgan fingerprint density at radius 2 is 1.92 bits per heavy atom. The van der Waals surface area contributed by atoms with Gasteiger partial charge in [-0.1, -0.05) is 12.1 Å². The third-order valence-electron chi connectivity index (χ3n) is 4.65. The molecule has 0 fully saturated rings. The number of amides is 1. The predicted octanol–water partition coefficient (Wildman–Crippen LogP) is 3.19. The number of nitrogens with one attached hydrogen (secondary N) is 1. The molecule has 0 unspecified atom stereocenters. The van der Waals surface area contributed by atoms with Crippen molar-refractivity contribution in [2.75, 3.05) is 12.4 Å². The number of fused-ring (bicyclic) bond motifs is 2. The molecule has 0 saturated heterocycles. The van der Waals surface area contributed by atoms with Gasteiger partial charge in [-0.3, -0.25) is 4.79 Å². The van der Waals surface area contributed by atoms with Crippen LogP contribution in [-0.4, -0.2) is 31.2 Å². The minimum absolute atomic E-state index is 0.336. The zero-order valence-electron chi connectivity index (χ0n) is 14.5. The average Bonchev–Trinajstić information content (AvgIpc) is 3.21. The maximum atomic E-state index is 12.8. The van der Waals surface area contributed by atoms with Crippen molar-refractivity contribution >= 4 is 28.2 Å². The fourth-order valence-electron chi connectivity index (χ4n) is 3.40. The Balaban J connectivity index is 1.59. The first-order chi connectivity index (χ1) is 12.6. The molecule has 0 spiro atoms. The number of hydrogen-bond donors (Lipinski definition) is 1. The molecule has 2 atom stereocenters. The van der Waals surface area contributed by atoms with E-state index in [2.05, 4.69) is 5.32 Å². The zero-order valence-corrected chi connectivity index (χ0v) is 15.4. The van der Waals surface area contributed by atoms with Crippen LogP contribution in [0.1, 0.15) is 34.1 Å². The molecule has 0 bridgehead atoms. The normalized spacial score (nSPS) is 20.4. The van der Waals surface area contributed by atoms with Crippen LogP contribution in [0.25, 0.3) is 0 Å². The summed E-state index contributed by atoms with van der Waals surface area (Å²) >= 11 is 1.44. The first kappa shape index (κ1) is 16.9. The van der Waals surface area contributed by atoms with E-state index in [1.165, 1.54) is 18.4 Å². The number of carbonyl (C=O) groups excluding carboxylic acids is 2. The van der Waals surface area contributed by atoms with Gasteiger partial charge in [-0.2, -0.15) is 0 Å². The molecule has 1 aromatic carbocycles.